The Balaban J connectivity index is 2.23. The van der Waals surface area contributed by atoms with Gasteiger partial charge in [0.05, 0.1) is 0 Å². The van der Waals surface area contributed by atoms with Gasteiger partial charge in [-0.2, -0.15) is 0 Å². The monoisotopic (exact) mass is 189 g/mol. The molecule has 0 heterocycles. The van der Waals surface area contributed by atoms with Crippen molar-refractivity contribution in [2.45, 2.75) is 19.1 Å². The minimum Gasteiger partial charge on any atom is -0.330 e. The van der Waals surface area contributed by atoms with E-state index in [0.717, 1.165) is 0 Å². The largest absolute Gasteiger partial charge is 0.330 e. The molecule has 0 aromatic heterocycles. The minimum atomic E-state index is -0.684. The lowest BCUT2D eigenvalue weighted by molar-refractivity contribution is 0.820. The molecule has 0 aliphatic heterocycles. The summed E-state index contributed by atoms with van der Waals surface area (Å²) in [5, 5.41) is 0. The van der Waals surface area contributed by atoms with Gasteiger partial charge in [-0.25, -0.2) is 0 Å². The Morgan fingerprint density at radius 2 is 2.00 bits per heavy atom. The van der Waals surface area contributed by atoms with E-state index in [9.17, 15) is 0 Å². The molecule has 1 aliphatic rings. The van der Waals surface area contributed by atoms with E-state index in [-0.39, 0.29) is 0 Å². The van der Waals surface area contributed by atoms with Gasteiger partial charge < -0.3 is 4.98 Å². The SMILES string of the molecule is C[SiH](C)NC1C=Cc2ccccc21. The maximum atomic E-state index is 3.65. The van der Waals surface area contributed by atoms with Gasteiger partial charge in [-0.3, -0.25) is 0 Å². The average molecular weight is 189 g/mol. The number of benzene rings is 1. The molecule has 1 unspecified atom stereocenters. The minimum absolute atomic E-state index is 0.475. The molecule has 0 bridgehead atoms. The van der Waals surface area contributed by atoms with Crippen molar-refractivity contribution in [1.82, 2.24) is 4.98 Å². The Kier molecular flexibility index (Phi) is 2.33. The highest BCUT2D eigenvalue weighted by Crippen LogP contribution is 2.27. The molecular formula is C11H15NSi. The summed E-state index contributed by atoms with van der Waals surface area (Å²) in [6.07, 6.45) is 4.47. The van der Waals surface area contributed by atoms with Gasteiger partial charge in [-0.1, -0.05) is 49.5 Å². The van der Waals surface area contributed by atoms with Crippen molar-refractivity contribution in [2.75, 3.05) is 0 Å². The molecular weight excluding hydrogens is 174 g/mol. The van der Waals surface area contributed by atoms with Crippen molar-refractivity contribution in [3.05, 3.63) is 41.5 Å². The van der Waals surface area contributed by atoms with Crippen LogP contribution in [-0.2, 0) is 0 Å². The second-order valence-corrected chi connectivity index (χ2v) is 6.43. The number of nitrogens with one attached hydrogen (secondary N) is 1. The first-order valence-electron chi connectivity index (χ1n) is 4.80. The third kappa shape index (κ3) is 1.74. The van der Waals surface area contributed by atoms with Crippen molar-refractivity contribution in [1.29, 1.82) is 0 Å². The second-order valence-electron chi connectivity index (χ2n) is 3.79. The molecule has 0 saturated heterocycles. The first kappa shape index (κ1) is 8.72. The molecule has 0 saturated carbocycles. The molecule has 2 heteroatoms. The van der Waals surface area contributed by atoms with Crippen molar-refractivity contribution < 1.29 is 0 Å². The van der Waals surface area contributed by atoms with Gasteiger partial charge in [0.1, 0.15) is 8.96 Å². The molecule has 0 fully saturated rings. The molecule has 0 amide bonds. The molecule has 1 aromatic rings. The van der Waals surface area contributed by atoms with E-state index in [0.29, 0.717) is 6.04 Å². The normalized spacial score (nSPS) is 19.5. The lowest BCUT2D eigenvalue weighted by Gasteiger charge is -2.15. The zero-order valence-corrected chi connectivity index (χ0v) is 9.27. The standard InChI is InChI=1S/C11H15NSi/c1-13(2)12-11-8-7-9-5-3-4-6-10(9)11/h3-8,11-13H,1-2H3. The fourth-order valence-corrected chi connectivity index (χ4v) is 2.76. The van der Waals surface area contributed by atoms with Crippen LogP contribution in [-0.4, -0.2) is 8.96 Å². The average Bonchev–Trinajstić information content (AvgIpc) is 2.48. The second kappa shape index (κ2) is 3.48. The quantitative estimate of drug-likeness (QED) is 0.704. The van der Waals surface area contributed by atoms with E-state index in [1.54, 1.807) is 0 Å². The third-order valence-electron chi connectivity index (χ3n) is 2.31. The summed E-state index contributed by atoms with van der Waals surface area (Å²) in [4.78, 5) is 3.65. The summed E-state index contributed by atoms with van der Waals surface area (Å²) in [5.74, 6) is 0. The molecule has 1 aliphatic carbocycles. The fraction of sp³-hybridized carbons (Fsp3) is 0.273. The van der Waals surface area contributed by atoms with Crippen LogP contribution < -0.4 is 4.98 Å². The lowest BCUT2D eigenvalue weighted by Crippen LogP contribution is -2.29. The first-order chi connectivity index (χ1) is 6.27. The molecule has 0 spiro atoms. The van der Waals surface area contributed by atoms with Gasteiger partial charge in [0.15, 0.2) is 0 Å². The zero-order chi connectivity index (χ0) is 9.26. The van der Waals surface area contributed by atoms with Crippen molar-refractivity contribution in [3.8, 4) is 0 Å². The highest BCUT2D eigenvalue weighted by molar-refractivity contribution is 6.52. The summed E-state index contributed by atoms with van der Waals surface area (Å²) in [7, 11) is -0.684. The number of rotatable bonds is 2. The Morgan fingerprint density at radius 3 is 2.77 bits per heavy atom. The van der Waals surface area contributed by atoms with E-state index in [2.05, 4.69) is 54.5 Å². The van der Waals surface area contributed by atoms with Gasteiger partial charge in [0.25, 0.3) is 0 Å². The smallest absolute Gasteiger partial charge is 0.103 e. The zero-order valence-electron chi connectivity index (χ0n) is 8.12. The van der Waals surface area contributed by atoms with Crippen LogP contribution in [0.4, 0.5) is 0 Å². The van der Waals surface area contributed by atoms with E-state index in [1.807, 2.05) is 0 Å². The summed E-state index contributed by atoms with van der Waals surface area (Å²) >= 11 is 0. The third-order valence-corrected chi connectivity index (χ3v) is 3.34. The molecule has 1 aromatic carbocycles. The molecule has 1 nitrogen and oxygen atoms in total. The molecule has 1 N–H and O–H groups in total. The van der Waals surface area contributed by atoms with E-state index in [4.69, 9.17) is 0 Å². The van der Waals surface area contributed by atoms with Gasteiger partial charge in [-0.05, 0) is 11.1 Å². The van der Waals surface area contributed by atoms with Crippen molar-refractivity contribution in [2.24, 2.45) is 0 Å². The van der Waals surface area contributed by atoms with Crippen molar-refractivity contribution >= 4 is 15.0 Å². The molecule has 0 radical (unpaired) electrons. The summed E-state index contributed by atoms with van der Waals surface area (Å²) in [6, 6.07) is 9.07. The predicted octanol–water partition coefficient (Wildman–Crippen LogP) is 2.33. The maximum Gasteiger partial charge on any atom is 0.103 e. The summed E-state index contributed by atoms with van der Waals surface area (Å²) in [6.45, 7) is 4.63. The van der Waals surface area contributed by atoms with Crippen LogP contribution in [0.3, 0.4) is 0 Å². The van der Waals surface area contributed by atoms with Gasteiger partial charge in [0, 0.05) is 6.04 Å². The van der Waals surface area contributed by atoms with E-state index in [1.165, 1.54) is 11.1 Å². The number of fused-ring (bicyclic) bond motifs is 1. The molecule has 68 valence electrons. The first-order valence-corrected chi connectivity index (χ1v) is 7.69. The topological polar surface area (TPSA) is 12.0 Å². The van der Waals surface area contributed by atoms with Crippen molar-refractivity contribution in [3.63, 3.8) is 0 Å². The number of hydrogen-bond donors (Lipinski definition) is 1. The van der Waals surface area contributed by atoms with Crippen LogP contribution in [0.2, 0.25) is 13.1 Å². The van der Waals surface area contributed by atoms with Crippen LogP contribution in [0.15, 0.2) is 30.3 Å². The van der Waals surface area contributed by atoms with E-state index >= 15 is 0 Å². The Labute approximate surface area is 81.2 Å². The van der Waals surface area contributed by atoms with Crippen LogP contribution in [0.5, 0.6) is 0 Å². The Bertz CT molecular complexity index is 331. The highest BCUT2D eigenvalue weighted by Gasteiger charge is 2.16. The molecule has 2 rings (SSSR count). The lowest BCUT2D eigenvalue weighted by atomic mass is 10.1. The van der Waals surface area contributed by atoms with Gasteiger partial charge >= 0.3 is 0 Å². The van der Waals surface area contributed by atoms with Crippen LogP contribution >= 0.6 is 0 Å². The molecule has 1 atom stereocenters. The fourth-order valence-electron chi connectivity index (χ4n) is 1.75. The van der Waals surface area contributed by atoms with Crippen LogP contribution in [0.1, 0.15) is 17.2 Å². The van der Waals surface area contributed by atoms with Gasteiger partial charge in [0.2, 0.25) is 0 Å². The Hall–Kier alpha value is -0.863. The van der Waals surface area contributed by atoms with Gasteiger partial charge in [-0.15, -0.1) is 0 Å². The number of hydrogen-bond acceptors (Lipinski definition) is 1. The Morgan fingerprint density at radius 1 is 1.23 bits per heavy atom. The van der Waals surface area contributed by atoms with E-state index < -0.39 is 8.96 Å². The maximum absolute atomic E-state index is 3.65. The highest BCUT2D eigenvalue weighted by atomic mass is 28.3. The van der Waals surface area contributed by atoms with Crippen LogP contribution in [0.25, 0.3) is 6.08 Å². The molecule has 13 heavy (non-hydrogen) atoms. The van der Waals surface area contributed by atoms with Crippen LogP contribution in [0, 0.1) is 0 Å². The summed E-state index contributed by atoms with van der Waals surface area (Å²) in [5.41, 5.74) is 2.80. The summed E-state index contributed by atoms with van der Waals surface area (Å²) < 4.78 is 0. The predicted molar refractivity (Wildman–Crippen MR) is 60.2 cm³/mol.